The number of fused-ring (bicyclic) bond motifs is 2. The van der Waals surface area contributed by atoms with Gasteiger partial charge in [0.1, 0.15) is 0 Å². The van der Waals surface area contributed by atoms with E-state index >= 15 is 0 Å². The highest BCUT2D eigenvalue weighted by Crippen LogP contribution is 2.19. The Morgan fingerprint density at radius 3 is 2.46 bits per heavy atom. The van der Waals surface area contributed by atoms with Gasteiger partial charge in [-0.2, -0.15) is 0 Å². The number of anilines is 1. The molecule has 2 amide bonds. The lowest BCUT2D eigenvalue weighted by Crippen LogP contribution is -2.33. The first kappa shape index (κ1) is 17.7. The molecule has 0 radical (unpaired) electrons. The third-order valence-corrected chi connectivity index (χ3v) is 4.55. The van der Waals surface area contributed by atoms with Crippen molar-refractivity contribution >= 4 is 39.2 Å². The minimum atomic E-state index is -0.289. The third kappa shape index (κ3) is 3.99. The van der Waals surface area contributed by atoms with E-state index in [1.165, 1.54) is 0 Å². The van der Waals surface area contributed by atoms with Gasteiger partial charge in [0.25, 0.3) is 0 Å². The molecule has 0 bridgehead atoms. The maximum Gasteiger partial charge on any atom is 0.243 e. The Bertz CT molecular complexity index is 1170. The average molecular weight is 369 g/mol. The van der Waals surface area contributed by atoms with Crippen LogP contribution in [0, 0.1) is 0 Å². The first-order valence-corrected chi connectivity index (χ1v) is 9.07. The number of hydrogen-bond donors (Lipinski definition) is 2. The second kappa shape index (κ2) is 7.88. The molecule has 2 N–H and O–H groups in total. The Hall–Kier alpha value is -3.73. The monoisotopic (exact) mass is 369 g/mol. The molecule has 1 heterocycles. The summed E-state index contributed by atoms with van der Waals surface area (Å²) in [6.45, 7) is -0.0869. The molecule has 0 spiro atoms. The number of hydrogen-bond acceptors (Lipinski definition) is 3. The second-order valence-electron chi connectivity index (χ2n) is 6.56. The van der Waals surface area contributed by atoms with Crippen molar-refractivity contribution in [1.29, 1.82) is 0 Å². The average Bonchev–Trinajstić information content (AvgIpc) is 2.72. The number of nitrogens with one attached hydrogen (secondary N) is 2. The fourth-order valence-electron chi connectivity index (χ4n) is 3.21. The summed E-state index contributed by atoms with van der Waals surface area (Å²) in [5.74, 6) is -0.480. The van der Waals surface area contributed by atoms with Crippen LogP contribution in [0.2, 0.25) is 0 Å². The van der Waals surface area contributed by atoms with Gasteiger partial charge in [-0.3, -0.25) is 14.6 Å². The van der Waals surface area contributed by atoms with Crippen LogP contribution in [0.3, 0.4) is 0 Å². The van der Waals surface area contributed by atoms with E-state index in [4.69, 9.17) is 0 Å². The molecule has 0 saturated heterocycles. The zero-order valence-corrected chi connectivity index (χ0v) is 15.2. The van der Waals surface area contributed by atoms with E-state index in [2.05, 4.69) is 15.6 Å². The molecular weight excluding hydrogens is 350 g/mol. The molecular formula is C23H19N3O2. The highest BCUT2D eigenvalue weighted by atomic mass is 16.2. The van der Waals surface area contributed by atoms with Crippen molar-refractivity contribution < 1.29 is 9.59 Å². The van der Waals surface area contributed by atoms with E-state index < -0.39 is 0 Å². The number of carbonyl (C=O) groups excluding carboxylic acids is 2. The van der Waals surface area contributed by atoms with Crippen molar-refractivity contribution in [2.75, 3.05) is 11.9 Å². The van der Waals surface area contributed by atoms with Gasteiger partial charge in [0.15, 0.2) is 0 Å². The van der Waals surface area contributed by atoms with Crippen LogP contribution in [-0.2, 0) is 16.0 Å². The molecule has 0 atom stereocenters. The first-order valence-electron chi connectivity index (χ1n) is 9.07. The third-order valence-electron chi connectivity index (χ3n) is 4.55. The molecule has 138 valence electrons. The molecule has 0 aliphatic heterocycles. The Morgan fingerprint density at radius 1 is 0.821 bits per heavy atom. The van der Waals surface area contributed by atoms with Crippen LogP contribution in [0.15, 0.2) is 79.0 Å². The van der Waals surface area contributed by atoms with E-state index in [0.29, 0.717) is 5.69 Å². The normalized spacial score (nSPS) is 10.7. The zero-order chi connectivity index (χ0) is 19.3. The van der Waals surface area contributed by atoms with E-state index in [1.54, 1.807) is 6.20 Å². The molecule has 3 aromatic carbocycles. The van der Waals surface area contributed by atoms with Gasteiger partial charge in [-0.25, -0.2) is 0 Å². The van der Waals surface area contributed by atoms with Crippen LogP contribution in [0.5, 0.6) is 0 Å². The minimum Gasteiger partial charge on any atom is -0.347 e. The Labute approximate surface area is 162 Å². The molecule has 5 heteroatoms. The molecule has 4 aromatic rings. The van der Waals surface area contributed by atoms with Gasteiger partial charge in [0.2, 0.25) is 11.8 Å². The summed E-state index contributed by atoms with van der Waals surface area (Å²) in [6, 6.07) is 23.4. The van der Waals surface area contributed by atoms with Gasteiger partial charge in [0, 0.05) is 5.39 Å². The van der Waals surface area contributed by atoms with E-state index in [1.807, 2.05) is 72.8 Å². The molecule has 4 rings (SSSR count). The quantitative estimate of drug-likeness (QED) is 0.564. The zero-order valence-electron chi connectivity index (χ0n) is 15.2. The van der Waals surface area contributed by atoms with E-state index in [0.717, 1.165) is 27.2 Å². The summed E-state index contributed by atoms with van der Waals surface area (Å²) in [4.78, 5) is 28.8. The SMILES string of the molecule is O=C(Cc1cccc2ccccc12)NCC(=O)Nc1cnc2ccccc2c1. The smallest absolute Gasteiger partial charge is 0.243 e. The fraction of sp³-hybridized carbons (Fsp3) is 0.0870. The van der Waals surface area contributed by atoms with Crippen LogP contribution in [0.4, 0.5) is 5.69 Å². The topological polar surface area (TPSA) is 71.1 Å². The summed E-state index contributed by atoms with van der Waals surface area (Å²) in [7, 11) is 0. The van der Waals surface area contributed by atoms with Crippen molar-refractivity contribution in [2.24, 2.45) is 0 Å². The Morgan fingerprint density at radius 2 is 1.57 bits per heavy atom. The maximum atomic E-state index is 12.3. The second-order valence-corrected chi connectivity index (χ2v) is 6.56. The number of pyridine rings is 1. The van der Waals surface area contributed by atoms with Gasteiger partial charge in [0.05, 0.1) is 30.4 Å². The van der Waals surface area contributed by atoms with Gasteiger partial charge in [-0.05, 0) is 28.5 Å². The van der Waals surface area contributed by atoms with Crippen LogP contribution in [0.25, 0.3) is 21.7 Å². The largest absolute Gasteiger partial charge is 0.347 e. The number of para-hydroxylation sites is 1. The van der Waals surface area contributed by atoms with E-state index in [9.17, 15) is 9.59 Å². The number of benzene rings is 3. The van der Waals surface area contributed by atoms with Crippen molar-refractivity contribution in [2.45, 2.75) is 6.42 Å². The molecule has 1 aromatic heterocycles. The van der Waals surface area contributed by atoms with Crippen LogP contribution in [-0.4, -0.2) is 23.3 Å². The van der Waals surface area contributed by atoms with Gasteiger partial charge in [-0.15, -0.1) is 0 Å². The number of carbonyl (C=O) groups is 2. The highest BCUT2D eigenvalue weighted by molar-refractivity contribution is 5.97. The van der Waals surface area contributed by atoms with Gasteiger partial charge in [-0.1, -0.05) is 60.7 Å². The molecule has 0 fully saturated rings. The highest BCUT2D eigenvalue weighted by Gasteiger charge is 2.09. The van der Waals surface area contributed by atoms with E-state index in [-0.39, 0.29) is 24.8 Å². The van der Waals surface area contributed by atoms with Crippen molar-refractivity contribution in [3.05, 3.63) is 84.6 Å². The van der Waals surface area contributed by atoms with Crippen molar-refractivity contribution in [1.82, 2.24) is 10.3 Å². The Kier molecular flexibility index (Phi) is 4.97. The summed E-state index contributed by atoms with van der Waals surface area (Å²) in [5.41, 5.74) is 2.41. The first-order chi connectivity index (χ1) is 13.7. The maximum absolute atomic E-state index is 12.3. The van der Waals surface area contributed by atoms with Crippen molar-refractivity contribution in [3.63, 3.8) is 0 Å². The van der Waals surface area contributed by atoms with Gasteiger partial charge >= 0.3 is 0 Å². The Balaban J connectivity index is 1.35. The van der Waals surface area contributed by atoms with Gasteiger partial charge < -0.3 is 10.6 Å². The van der Waals surface area contributed by atoms with Crippen LogP contribution >= 0.6 is 0 Å². The molecule has 0 saturated carbocycles. The molecule has 28 heavy (non-hydrogen) atoms. The van der Waals surface area contributed by atoms with Crippen LogP contribution < -0.4 is 10.6 Å². The lowest BCUT2D eigenvalue weighted by atomic mass is 10.0. The lowest BCUT2D eigenvalue weighted by molar-refractivity contribution is -0.123. The summed E-state index contributed by atoms with van der Waals surface area (Å²) in [6.07, 6.45) is 1.84. The number of aromatic nitrogens is 1. The predicted octanol–water partition coefficient (Wildman–Crippen LogP) is 3.69. The molecule has 0 aliphatic rings. The summed E-state index contributed by atoms with van der Waals surface area (Å²) >= 11 is 0. The fourth-order valence-corrected chi connectivity index (χ4v) is 3.21. The number of amides is 2. The molecule has 5 nitrogen and oxygen atoms in total. The van der Waals surface area contributed by atoms with Crippen molar-refractivity contribution in [3.8, 4) is 0 Å². The number of rotatable bonds is 5. The summed E-state index contributed by atoms with van der Waals surface area (Å²) < 4.78 is 0. The number of nitrogens with zero attached hydrogens (tertiary/aromatic N) is 1. The predicted molar refractivity (Wildman–Crippen MR) is 111 cm³/mol. The molecule has 0 aliphatic carbocycles. The molecule has 0 unspecified atom stereocenters. The minimum absolute atomic E-state index is 0.0869. The standard InChI is InChI=1S/C23H19N3O2/c27-22(13-17-9-5-8-16-6-1-3-10-20(16)17)25-15-23(28)26-19-12-18-7-2-4-11-21(18)24-14-19/h1-12,14H,13,15H2,(H,25,27)(H,26,28). The lowest BCUT2D eigenvalue weighted by Gasteiger charge is -2.09. The summed E-state index contributed by atoms with van der Waals surface area (Å²) in [5, 5.41) is 8.53. The van der Waals surface area contributed by atoms with Crippen LogP contribution in [0.1, 0.15) is 5.56 Å².